The molecule has 3 heteroatoms. The molecule has 2 heterocycles. The van der Waals surface area contributed by atoms with Gasteiger partial charge in [0.25, 0.3) is 0 Å². The molecule has 0 saturated heterocycles. The minimum absolute atomic E-state index is 0.524. The summed E-state index contributed by atoms with van der Waals surface area (Å²) in [5.41, 5.74) is 10.00. The predicted octanol–water partition coefficient (Wildman–Crippen LogP) is 3.19. The average Bonchev–Trinajstić information content (AvgIpc) is 2.39. The topological polar surface area (TPSA) is 51.8 Å². The normalized spacial score (nSPS) is 10.7. The van der Waals surface area contributed by atoms with Crippen molar-refractivity contribution in [3.8, 4) is 11.1 Å². The third-order valence-electron chi connectivity index (χ3n) is 3.05. The van der Waals surface area contributed by atoms with Crippen LogP contribution < -0.4 is 5.73 Å². The molecule has 0 aliphatic carbocycles. The van der Waals surface area contributed by atoms with Gasteiger partial charge in [-0.2, -0.15) is 0 Å². The van der Waals surface area contributed by atoms with E-state index in [1.54, 1.807) is 6.20 Å². The number of pyridine rings is 2. The number of hydrogen-bond acceptors (Lipinski definition) is 3. The van der Waals surface area contributed by atoms with Crippen molar-refractivity contribution in [3.05, 3.63) is 54.2 Å². The van der Waals surface area contributed by atoms with Crippen molar-refractivity contribution >= 4 is 16.9 Å². The van der Waals surface area contributed by atoms with Gasteiger partial charge in [0.2, 0.25) is 0 Å². The van der Waals surface area contributed by atoms with E-state index in [4.69, 9.17) is 5.73 Å². The van der Waals surface area contributed by atoms with Gasteiger partial charge in [-0.25, -0.2) is 9.97 Å². The molecule has 0 radical (unpaired) electrons. The number of anilines is 1. The Hall–Kier alpha value is -2.42. The molecule has 0 saturated carbocycles. The Balaban J connectivity index is 2.30. The Morgan fingerprint density at radius 2 is 1.83 bits per heavy atom. The Morgan fingerprint density at radius 1 is 1.00 bits per heavy atom. The third-order valence-corrected chi connectivity index (χ3v) is 3.05. The van der Waals surface area contributed by atoms with E-state index < -0.39 is 0 Å². The maximum Gasteiger partial charge on any atom is 0.161 e. The standard InChI is InChI=1S/C15H13N3/c1-10-5-2-3-7-12(10)13-9-11-6-4-8-17-15(11)18-14(13)16/h2-9H,1H3,(H2,16,17,18). The molecule has 0 bridgehead atoms. The van der Waals surface area contributed by atoms with Crippen LogP contribution in [0.4, 0.5) is 5.82 Å². The highest BCUT2D eigenvalue weighted by atomic mass is 14.9. The molecule has 1 aromatic carbocycles. The van der Waals surface area contributed by atoms with Crippen LogP contribution in [0.2, 0.25) is 0 Å². The summed E-state index contributed by atoms with van der Waals surface area (Å²) in [6, 6.07) is 14.1. The fourth-order valence-electron chi connectivity index (χ4n) is 2.11. The second-order valence-electron chi connectivity index (χ2n) is 4.29. The molecule has 0 atom stereocenters. The summed E-state index contributed by atoms with van der Waals surface area (Å²) in [7, 11) is 0. The van der Waals surface area contributed by atoms with Crippen LogP contribution in [0.3, 0.4) is 0 Å². The van der Waals surface area contributed by atoms with Gasteiger partial charge in [0.15, 0.2) is 5.65 Å². The highest BCUT2D eigenvalue weighted by Crippen LogP contribution is 2.29. The van der Waals surface area contributed by atoms with Crippen LogP contribution in [0.1, 0.15) is 5.56 Å². The molecule has 3 nitrogen and oxygen atoms in total. The first-order valence-corrected chi connectivity index (χ1v) is 5.83. The molecule has 3 rings (SSSR count). The summed E-state index contributed by atoms with van der Waals surface area (Å²) in [4.78, 5) is 8.57. The van der Waals surface area contributed by atoms with Crippen molar-refractivity contribution in [2.24, 2.45) is 0 Å². The molecule has 0 fully saturated rings. The highest BCUT2D eigenvalue weighted by molar-refractivity contribution is 5.87. The van der Waals surface area contributed by atoms with Gasteiger partial charge in [-0.15, -0.1) is 0 Å². The quantitative estimate of drug-likeness (QED) is 0.704. The summed E-state index contributed by atoms with van der Waals surface area (Å²) in [6.45, 7) is 2.07. The fraction of sp³-hybridized carbons (Fsp3) is 0.0667. The molecule has 2 N–H and O–H groups in total. The highest BCUT2D eigenvalue weighted by Gasteiger charge is 2.08. The van der Waals surface area contributed by atoms with Gasteiger partial charge in [0.05, 0.1) is 0 Å². The van der Waals surface area contributed by atoms with E-state index in [0.717, 1.165) is 16.5 Å². The Labute approximate surface area is 105 Å². The molecular weight excluding hydrogens is 222 g/mol. The lowest BCUT2D eigenvalue weighted by molar-refractivity contribution is 1.29. The third kappa shape index (κ3) is 1.70. The van der Waals surface area contributed by atoms with Crippen molar-refractivity contribution in [2.45, 2.75) is 6.92 Å². The molecule has 18 heavy (non-hydrogen) atoms. The lowest BCUT2D eigenvalue weighted by Gasteiger charge is -2.09. The van der Waals surface area contributed by atoms with Gasteiger partial charge < -0.3 is 5.73 Å². The van der Waals surface area contributed by atoms with Crippen LogP contribution in [0, 0.1) is 6.92 Å². The second-order valence-corrected chi connectivity index (χ2v) is 4.29. The number of nitrogens with zero attached hydrogens (tertiary/aromatic N) is 2. The number of nitrogens with two attached hydrogens (primary N) is 1. The molecular formula is C15H13N3. The molecule has 2 aromatic heterocycles. The second kappa shape index (κ2) is 4.11. The van der Waals surface area contributed by atoms with Crippen molar-refractivity contribution in [3.63, 3.8) is 0 Å². The van der Waals surface area contributed by atoms with Gasteiger partial charge >= 0.3 is 0 Å². The Kier molecular flexibility index (Phi) is 2.45. The van der Waals surface area contributed by atoms with Crippen LogP contribution in [-0.2, 0) is 0 Å². The van der Waals surface area contributed by atoms with E-state index in [1.165, 1.54) is 5.56 Å². The SMILES string of the molecule is Cc1ccccc1-c1cc2cccnc2nc1N. The lowest BCUT2D eigenvalue weighted by atomic mass is 10.0. The van der Waals surface area contributed by atoms with Crippen molar-refractivity contribution in [2.75, 3.05) is 5.73 Å². The lowest BCUT2D eigenvalue weighted by Crippen LogP contribution is -1.97. The number of hydrogen-bond donors (Lipinski definition) is 1. The zero-order chi connectivity index (χ0) is 12.5. The molecule has 0 aliphatic rings. The monoisotopic (exact) mass is 235 g/mol. The first-order chi connectivity index (χ1) is 8.75. The summed E-state index contributed by atoms with van der Waals surface area (Å²) in [5.74, 6) is 0.524. The van der Waals surface area contributed by atoms with Crippen LogP contribution in [0.25, 0.3) is 22.2 Å². The number of fused-ring (bicyclic) bond motifs is 1. The van der Waals surface area contributed by atoms with Gasteiger partial charge in [-0.1, -0.05) is 24.3 Å². The number of aromatic nitrogens is 2. The van der Waals surface area contributed by atoms with Crippen molar-refractivity contribution in [1.29, 1.82) is 0 Å². The summed E-state index contributed by atoms with van der Waals surface area (Å²) in [5, 5.41) is 1.00. The van der Waals surface area contributed by atoms with E-state index in [-0.39, 0.29) is 0 Å². The Bertz CT molecular complexity index is 720. The van der Waals surface area contributed by atoms with Crippen LogP contribution in [0.15, 0.2) is 48.7 Å². The smallest absolute Gasteiger partial charge is 0.161 e. The zero-order valence-electron chi connectivity index (χ0n) is 10.1. The number of benzene rings is 1. The summed E-state index contributed by atoms with van der Waals surface area (Å²) < 4.78 is 0. The molecule has 0 unspecified atom stereocenters. The first-order valence-electron chi connectivity index (χ1n) is 5.83. The van der Waals surface area contributed by atoms with E-state index in [9.17, 15) is 0 Å². The summed E-state index contributed by atoms with van der Waals surface area (Å²) in [6.07, 6.45) is 1.72. The fourth-order valence-corrected chi connectivity index (χ4v) is 2.11. The maximum atomic E-state index is 6.04. The number of nitrogen functional groups attached to an aromatic ring is 1. The molecule has 3 aromatic rings. The summed E-state index contributed by atoms with van der Waals surface area (Å²) >= 11 is 0. The van der Waals surface area contributed by atoms with Crippen LogP contribution >= 0.6 is 0 Å². The first kappa shape index (κ1) is 10.7. The van der Waals surface area contributed by atoms with Gasteiger partial charge in [0, 0.05) is 17.1 Å². The van der Waals surface area contributed by atoms with Crippen LogP contribution in [-0.4, -0.2) is 9.97 Å². The van der Waals surface area contributed by atoms with E-state index in [0.29, 0.717) is 11.5 Å². The maximum absolute atomic E-state index is 6.04. The van der Waals surface area contributed by atoms with Gasteiger partial charge in [-0.3, -0.25) is 0 Å². The molecule has 0 aliphatic heterocycles. The minimum Gasteiger partial charge on any atom is -0.383 e. The van der Waals surface area contributed by atoms with Gasteiger partial charge in [-0.05, 0) is 36.2 Å². The predicted molar refractivity (Wildman–Crippen MR) is 74.1 cm³/mol. The van der Waals surface area contributed by atoms with Gasteiger partial charge in [0.1, 0.15) is 5.82 Å². The number of aryl methyl sites for hydroxylation is 1. The van der Waals surface area contributed by atoms with Crippen molar-refractivity contribution < 1.29 is 0 Å². The minimum atomic E-state index is 0.524. The van der Waals surface area contributed by atoms with E-state index >= 15 is 0 Å². The zero-order valence-corrected chi connectivity index (χ0v) is 10.1. The largest absolute Gasteiger partial charge is 0.383 e. The molecule has 0 spiro atoms. The van der Waals surface area contributed by atoms with E-state index in [1.807, 2.05) is 30.3 Å². The van der Waals surface area contributed by atoms with E-state index in [2.05, 4.69) is 29.0 Å². The molecule has 0 amide bonds. The Morgan fingerprint density at radius 3 is 2.67 bits per heavy atom. The number of rotatable bonds is 1. The average molecular weight is 235 g/mol. The van der Waals surface area contributed by atoms with Crippen molar-refractivity contribution in [1.82, 2.24) is 9.97 Å². The molecule has 88 valence electrons. The van der Waals surface area contributed by atoms with Crippen LogP contribution in [0.5, 0.6) is 0 Å².